The Bertz CT molecular complexity index is 560. The van der Waals surface area contributed by atoms with Crippen molar-refractivity contribution in [1.82, 2.24) is 30.1 Å². The number of hydrogen-bond acceptors (Lipinski definition) is 6. The zero-order valence-electron chi connectivity index (χ0n) is 16.8. The number of aromatic nitrogens is 1. The Balaban J connectivity index is 0.00000261. The third-order valence-electron chi connectivity index (χ3n) is 5.32. The van der Waals surface area contributed by atoms with E-state index >= 15 is 0 Å². The highest BCUT2D eigenvalue weighted by Crippen LogP contribution is 2.09. The standard InChI is InChI=1S/C18H33N7O.HI/c1-4-19-18(20-13-17-15-22(2)6-7-23(17)3)25-10-8-24(9-11-25)14-16-5-12-26-21-16;/h5,12,17H,4,6-11,13-15H2,1-3H3,(H,19,20);1H. The van der Waals surface area contributed by atoms with Gasteiger partial charge in [-0.2, -0.15) is 0 Å². The topological polar surface area (TPSA) is 63.4 Å². The van der Waals surface area contributed by atoms with E-state index in [2.05, 4.69) is 51.1 Å². The molecule has 3 heterocycles. The molecule has 2 fully saturated rings. The van der Waals surface area contributed by atoms with Crippen LogP contribution in [0, 0.1) is 0 Å². The first kappa shape index (κ1) is 22.4. The van der Waals surface area contributed by atoms with Gasteiger partial charge < -0.3 is 19.6 Å². The van der Waals surface area contributed by atoms with Crippen LogP contribution < -0.4 is 5.32 Å². The summed E-state index contributed by atoms with van der Waals surface area (Å²) >= 11 is 0. The van der Waals surface area contributed by atoms with E-state index in [0.29, 0.717) is 6.04 Å². The number of hydrogen-bond donors (Lipinski definition) is 1. The molecule has 1 unspecified atom stereocenters. The fourth-order valence-electron chi connectivity index (χ4n) is 3.58. The lowest BCUT2D eigenvalue weighted by atomic mass is 10.2. The van der Waals surface area contributed by atoms with E-state index in [1.165, 1.54) is 0 Å². The minimum atomic E-state index is 0. The number of guanidine groups is 1. The summed E-state index contributed by atoms with van der Waals surface area (Å²) in [6, 6.07) is 2.44. The molecular formula is C18H34IN7O. The molecule has 0 aliphatic carbocycles. The number of rotatable bonds is 5. The van der Waals surface area contributed by atoms with Crippen LogP contribution in [0.4, 0.5) is 0 Å². The summed E-state index contributed by atoms with van der Waals surface area (Å²) in [5.74, 6) is 1.05. The lowest BCUT2D eigenvalue weighted by Gasteiger charge is -2.38. The SMILES string of the molecule is CCNC(=NCC1CN(C)CCN1C)N1CCN(Cc2ccon2)CC1.I. The van der Waals surface area contributed by atoms with E-state index in [-0.39, 0.29) is 24.0 Å². The number of nitrogens with one attached hydrogen (secondary N) is 1. The van der Waals surface area contributed by atoms with Crippen LogP contribution in [0.1, 0.15) is 12.6 Å². The summed E-state index contributed by atoms with van der Waals surface area (Å²) in [7, 11) is 4.41. The van der Waals surface area contributed by atoms with Crippen molar-refractivity contribution in [3.63, 3.8) is 0 Å². The average Bonchev–Trinajstić information content (AvgIpc) is 3.15. The first-order valence-corrected chi connectivity index (χ1v) is 9.69. The Morgan fingerprint density at radius 1 is 1.22 bits per heavy atom. The lowest BCUT2D eigenvalue weighted by Crippen LogP contribution is -2.54. The van der Waals surface area contributed by atoms with Gasteiger partial charge >= 0.3 is 0 Å². The highest BCUT2D eigenvalue weighted by atomic mass is 127. The first-order valence-electron chi connectivity index (χ1n) is 9.69. The third kappa shape index (κ3) is 6.58. The lowest BCUT2D eigenvalue weighted by molar-refractivity contribution is 0.119. The van der Waals surface area contributed by atoms with Crippen LogP contribution in [0.3, 0.4) is 0 Å². The molecule has 0 spiro atoms. The van der Waals surface area contributed by atoms with Crippen LogP contribution in [0.5, 0.6) is 0 Å². The van der Waals surface area contributed by atoms with Crippen molar-refractivity contribution < 1.29 is 4.52 Å². The van der Waals surface area contributed by atoms with Crippen molar-refractivity contribution in [3.05, 3.63) is 18.0 Å². The summed E-state index contributed by atoms with van der Waals surface area (Å²) in [5, 5.41) is 7.49. The van der Waals surface area contributed by atoms with Gasteiger partial charge in [-0.3, -0.25) is 14.8 Å². The molecule has 0 aromatic carbocycles. The Morgan fingerprint density at radius 2 is 2.00 bits per heavy atom. The summed E-state index contributed by atoms with van der Waals surface area (Å²) in [6.07, 6.45) is 1.64. The predicted molar refractivity (Wildman–Crippen MR) is 119 cm³/mol. The summed E-state index contributed by atoms with van der Waals surface area (Å²) in [4.78, 5) is 14.6. The molecule has 0 saturated carbocycles. The normalized spacial score (nSPS) is 23.3. The minimum absolute atomic E-state index is 0. The molecule has 0 amide bonds. The van der Waals surface area contributed by atoms with Gasteiger partial charge in [-0.15, -0.1) is 24.0 Å². The van der Waals surface area contributed by atoms with Crippen LogP contribution in [-0.2, 0) is 6.54 Å². The maximum absolute atomic E-state index is 4.96. The number of likely N-dealkylation sites (N-methyl/N-ethyl adjacent to an activating group) is 2. The van der Waals surface area contributed by atoms with Crippen molar-refractivity contribution >= 4 is 29.9 Å². The molecule has 1 atom stereocenters. The quantitative estimate of drug-likeness (QED) is 0.368. The fraction of sp³-hybridized carbons (Fsp3) is 0.778. The number of nitrogens with zero attached hydrogens (tertiary/aromatic N) is 6. The minimum Gasteiger partial charge on any atom is -0.364 e. The Labute approximate surface area is 179 Å². The monoisotopic (exact) mass is 491 g/mol. The fourth-order valence-corrected chi connectivity index (χ4v) is 3.58. The molecule has 8 nitrogen and oxygen atoms in total. The molecule has 27 heavy (non-hydrogen) atoms. The Kier molecular flexibility index (Phi) is 9.27. The summed E-state index contributed by atoms with van der Waals surface area (Å²) in [6.45, 7) is 12.1. The highest BCUT2D eigenvalue weighted by Gasteiger charge is 2.24. The van der Waals surface area contributed by atoms with Crippen LogP contribution >= 0.6 is 24.0 Å². The van der Waals surface area contributed by atoms with Crippen LogP contribution in [0.15, 0.2) is 21.8 Å². The summed E-state index contributed by atoms with van der Waals surface area (Å²) < 4.78 is 4.93. The van der Waals surface area contributed by atoms with Gasteiger partial charge in [0.15, 0.2) is 5.96 Å². The Morgan fingerprint density at radius 3 is 2.67 bits per heavy atom. The van der Waals surface area contributed by atoms with E-state index < -0.39 is 0 Å². The molecule has 1 N–H and O–H groups in total. The van der Waals surface area contributed by atoms with Crippen molar-refractivity contribution in [2.45, 2.75) is 19.5 Å². The van der Waals surface area contributed by atoms with E-state index in [4.69, 9.17) is 9.52 Å². The largest absolute Gasteiger partial charge is 0.364 e. The van der Waals surface area contributed by atoms with E-state index in [1.54, 1.807) is 6.26 Å². The Hall–Kier alpha value is -0.910. The molecule has 0 radical (unpaired) electrons. The second-order valence-corrected chi connectivity index (χ2v) is 7.35. The smallest absolute Gasteiger partial charge is 0.194 e. The number of aliphatic imine (C=N–C) groups is 1. The third-order valence-corrected chi connectivity index (χ3v) is 5.32. The van der Waals surface area contributed by atoms with Gasteiger partial charge in [-0.05, 0) is 21.0 Å². The van der Waals surface area contributed by atoms with Gasteiger partial charge in [0.05, 0.1) is 12.2 Å². The molecule has 2 saturated heterocycles. The van der Waals surface area contributed by atoms with Crippen LogP contribution in [0.25, 0.3) is 0 Å². The molecule has 1 aromatic rings. The second-order valence-electron chi connectivity index (χ2n) is 7.35. The van der Waals surface area contributed by atoms with Gasteiger partial charge in [0.25, 0.3) is 0 Å². The van der Waals surface area contributed by atoms with Crippen LogP contribution in [-0.4, -0.2) is 110 Å². The molecule has 3 rings (SSSR count). The van der Waals surface area contributed by atoms with Crippen molar-refractivity contribution in [2.75, 3.05) is 73.0 Å². The molecule has 2 aliphatic heterocycles. The van der Waals surface area contributed by atoms with Crippen molar-refractivity contribution in [2.24, 2.45) is 4.99 Å². The first-order chi connectivity index (χ1) is 12.7. The summed E-state index contributed by atoms with van der Waals surface area (Å²) in [5.41, 5.74) is 1.00. The van der Waals surface area contributed by atoms with E-state index in [0.717, 1.165) is 77.1 Å². The van der Waals surface area contributed by atoms with Gasteiger partial charge in [-0.25, -0.2) is 0 Å². The average molecular weight is 491 g/mol. The maximum Gasteiger partial charge on any atom is 0.194 e. The second kappa shape index (κ2) is 11.2. The molecular weight excluding hydrogens is 457 g/mol. The number of piperazine rings is 2. The van der Waals surface area contributed by atoms with E-state index in [1.807, 2.05) is 6.07 Å². The predicted octanol–water partition coefficient (Wildman–Crippen LogP) is 0.622. The zero-order chi connectivity index (χ0) is 18.4. The van der Waals surface area contributed by atoms with Crippen molar-refractivity contribution in [1.29, 1.82) is 0 Å². The van der Waals surface area contributed by atoms with Gasteiger partial charge in [0.1, 0.15) is 6.26 Å². The number of halogens is 1. The molecule has 154 valence electrons. The molecule has 0 bridgehead atoms. The van der Waals surface area contributed by atoms with Gasteiger partial charge in [-0.1, -0.05) is 5.16 Å². The molecule has 1 aromatic heterocycles. The maximum atomic E-state index is 4.96. The zero-order valence-corrected chi connectivity index (χ0v) is 19.1. The van der Waals surface area contributed by atoms with Crippen LogP contribution in [0.2, 0.25) is 0 Å². The van der Waals surface area contributed by atoms with Gasteiger partial charge in [0, 0.05) is 71.0 Å². The molecule has 9 heteroatoms. The molecule has 2 aliphatic rings. The van der Waals surface area contributed by atoms with E-state index in [9.17, 15) is 0 Å². The van der Waals surface area contributed by atoms with Gasteiger partial charge in [0.2, 0.25) is 0 Å². The highest BCUT2D eigenvalue weighted by molar-refractivity contribution is 14.0. The van der Waals surface area contributed by atoms with Crippen molar-refractivity contribution in [3.8, 4) is 0 Å².